The van der Waals surface area contributed by atoms with E-state index in [9.17, 15) is 8.42 Å². The molecule has 1 rings (SSSR count). The molecule has 21 heavy (non-hydrogen) atoms. The number of sulfonamides is 1. The first-order chi connectivity index (χ1) is 9.80. The average molecular weight is 314 g/mol. The molecule has 0 aromatic heterocycles. The third-order valence-electron chi connectivity index (χ3n) is 3.20. The van der Waals surface area contributed by atoms with E-state index in [4.69, 9.17) is 4.74 Å². The van der Waals surface area contributed by atoms with Gasteiger partial charge in [-0.2, -0.15) is 0 Å². The maximum Gasteiger partial charge on any atom is 0.244 e. The van der Waals surface area contributed by atoms with E-state index in [0.29, 0.717) is 18.3 Å². The summed E-state index contributed by atoms with van der Waals surface area (Å²) in [5, 5.41) is 3.27. The Morgan fingerprint density at radius 3 is 2.43 bits per heavy atom. The van der Waals surface area contributed by atoms with Gasteiger partial charge in [0.2, 0.25) is 10.0 Å². The van der Waals surface area contributed by atoms with Crippen LogP contribution in [-0.2, 0) is 16.6 Å². The lowest BCUT2D eigenvalue weighted by molar-refractivity contribution is 0.401. The van der Waals surface area contributed by atoms with Crippen LogP contribution in [-0.4, -0.2) is 27.6 Å². The Morgan fingerprint density at radius 1 is 1.24 bits per heavy atom. The van der Waals surface area contributed by atoms with Gasteiger partial charge >= 0.3 is 0 Å². The summed E-state index contributed by atoms with van der Waals surface area (Å²) in [6.07, 6.45) is 0.732. The third-order valence-corrected chi connectivity index (χ3v) is 4.81. The van der Waals surface area contributed by atoms with Crippen molar-refractivity contribution < 1.29 is 13.2 Å². The van der Waals surface area contributed by atoms with Gasteiger partial charge in [0, 0.05) is 18.6 Å². The van der Waals surface area contributed by atoms with Gasteiger partial charge in [-0.3, -0.25) is 0 Å². The van der Waals surface area contributed by atoms with Crippen LogP contribution in [0.1, 0.15) is 39.7 Å². The van der Waals surface area contributed by atoms with Crippen LogP contribution in [0, 0.1) is 0 Å². The third kappa shape index (κ3) is 5.30. The van der Waals surface area contributed by atoms with Crippen molar-refractivity contribution in [2.24, 2.45) is 0 Å². The molecular formula is C15H26N2O3S. The van der Waals surface area contributed by atoms with Crippen molar-refractivity contribution in [1.82, 2.24) is 10.0 Å². The fraction of sp³-hybridized carbons (Fsp3) is 0.600. The molecule has 0 spiro atoms. The Hall–Kier alpha value is -1.11. The van der Waals surface area contributed by atoms with Gasteiger partial charge in [-0.05, 0) is 31.0 Å². The van der Waals surface area contributed by atoms with Crippen molar-refractivity contribution >= 4 is 10.0 Å². The molecule has 5 nitrogen and oxygen atoms in total. The highest BCUT2D eigenvalue weighted by Crippen LogP contribution is 2.25. The Kier molecular flexibility index (Phi) is 6.64. The van der Waals surface area contributed by atoms with Crippen molar-refractivity contribution in [2.75, 3.05) is 7.11 Å². The summed E-state index contributed by atoms with van der Waals surface area (Å²) < 4.78 is 32.8. The second-order valence-electron chi connectivity index (χ2n) is 5.45. The van der Waals surface area contributed by atoms with E-state index < -0.39 is 10.0 Å². The molecule has 0 amide bonds. The lowest BCUT2D eigenvalue weighted by Crippen LogP contribution is -2.32. The number of rotatable bonds is 8. The summed E-state index contributed by atoms with van der Waals surface area (Å²) in [5.41, 5.74) is 0.911. The molecule has 0 bridgehead atoms. The molecule has 2 N–H and O–H groups in total. The molecule has 0 saturated carbocycles. The lowest BCUT2D eigenvalue weighted by atomic mass is 10.2. The molecule has 1 atom stereocenters. The van der Waals surface area contributed by atoms with Gasteiger partial charge < -0.3 is 10.1 Å². The summed E-state index contributed by atoms with van der Waals surface area (Å²) in [5.74, 6) is 0.360. The number of methoxy groups -OCH3 is 1. The van der Waals surface area contributed by atoms with Crippen LogP contribution >= 0.6 is 0 Å². The molecule has 1 aromatic rings. The number of hydrogen-bond acceptors (Lipinski definition) is 4. The zero-order valence-electron chi connectivity index (χ0n) is 13.4. The monoisotopic (exact) mass is 314 g/mol. The molecule has 0 aliphatic heterocycles. The maximum absolute atomic E-state index is 12.5. The van der Waals surface area contributed by atoms with Crippen LogP contribution in [0.3, 0.4) is 0 Å². The summed E-state index contributed by atoms with van der Waals surface area (Å²) in [6, 6.07) is 5.46. The van der Waals surface area contributed by atoms with E-state index >= 15 is 0 Å². The zero-order chi connectivity index (χ0) is 16.0. The van der Waals surface area contributed by atoms with Crippen molar-refractivity contribution in [3.05, 3.63) is 23.8 Å². The van der Waals surface area contributed by atoms with Gasteiger partial charge in [-0.1, -0.05) is 26.8 Å². The van der Waals surface area contributed by atoms with Crippen LogP contribution < -0.4 is 14.8 Å². The first-order valence-corrected chi connectivity index (χ1v) is 8.71. The topological polar surface area (TPSA) is 67.4 Å². The van der Waals surface area contributed by atoms with Crippen molar-refractivity contribution in [2.45, 2.75) is 57.6 Å². The Labute approximate surface area is 128 Å². The fourth-order valence-corrected chi connectivity index (χ4v) is 3.32. The number of ether oxygens (including phenoxy) is 1. The molecule has 1 unspecified atom stereocenters. The highest BCUT2D eigenvalue weighted by atomic mass is 32.2. The molecule has 120 valence electrons. The minimum absolute atomic E-state index is 0.114. The summed E-state index contributed by atoms with van der Waals surface area (Å²) >= 11 is 0. The molecule has 0 saturated heterocycles. The van der Waals surface area contributed by atoms with E-state index in [2.05, 4.69) is 10.0 Å². The van der Waals surface area contributed by atoms with Crippen LogP contribution in [0.5, 0.6) is 5.75 Å². The van der Waals surface area contributed by atoms with Gasteiger partial charge in [0.15, 0.2) is 0 Å². The van der Waals surface area contributed by atoms with Crippen molar-refractivity contribution in [3.8, 4) is 5.75 Å². The van der Waals surface area contributed by atoms with Gasteiger partial charge in [0.05, 0.1) is 7.11 Å². The largest absolute Gasteiger partial charge is 0.495 e. The smallest absolute Gasteiger partial charge is 0.244 e. The minimum Gasteiger partial charge on any atom is -0.495 e. The normalized spacial score (nSPS) is 13.4. The summed E-state index contributed by atoms with van der Waals surface area (Å²) in [6.45, 7) is 8.49. The highest BCUT2D eigenvalue weighted by molar-refractivity contribution is 7.89. The van der Waals surface area contributed by atoms with E-state index in [1.165, 1.54) is 7.11 Å². The predicted octanol–water partition coefficient (Wildman–Crippen LogP) is 2.27. The molecule has 0 heterocycles. The molecular weight excluding hydrogens is 288 g/mol. The second kappa shape index (κ2) is 7.77. The molecule has 0 fully saturated rings. The summed E-state index contributed by atoms with van der Waals surface area (Å²) in [4.78, 5) is 0.188. The number of hydrogen-bond donors (Lipinski definition) is 2. The SMILES string of the molecule is CCC(C)NS(=O)(=O)c1cc(CNC(C)C)ccc1OC. The van der Waals surface area contributed by atoms with Gasteiger partial charge in [0.1, 0.15) is 10.6 Å². The van der Waals surface area contributed by atoms with Crippen LogP contribution in [0.2, 0.25) is 0 Å². The number of nitrogens with one attached hydrogen (secondary N) is 2. The molecule has 0 aliphatic rings. The maximum atomic E-state index is 12.5. The molecule has 6 heteroatoms. The molecule has 0 aliphatic carbocycles. The van der Waals surface area contributed by atoms with Crippen LogP contribution in [0.15, 0.2) is 23.1 Å². The average Bonchev–Trinajstić information content (AvgIpc) is 2.44. The van der Waals surface area contributed by atoms with Crippen LogP contribution in [0.4, 0.5) is 0 Å². The highest BCUT2D eigenvalue weighted by Gasteiger charge is 2.21. The Bertz CT molecular complexity index is 556. The second-order valence-corrected chi connectivity index (χ2v) is 7.13. The molecule has 1 aromatic carbocycles. The quantitative estimate of drug-likeness (QED) is 0.772. The van der Waals surface area contributed by atoms with Gasteiger partial charge in [-0.25, -0.2) is 13.1 Å². The fourth-order valence-electron chi connectivity index (χ4n) is 1.77. The lowest BCUT2D eigenvalue weighted by Gasteiger charge is -2.16. The minimum atomic E-state index is -3.58. The first-order valence-electron chi connectivity index (χ1n) is 7.22. The number of benzene rings is 1. The predicted molar refractivity (Wildman–Crippen MR) is 85.0 cm³/mol. The van der Waals surface area contributed by atoms with Crippen molar-refractivity contribution in [1.29, 1.82) is 0 Å². The van der Waals surface area contributed by atoms with E-state index in [0.717, 1.165) is 12.0 Å². The Balaban J connectivity index is 3.10. The van der Waals surface area contributed by atoms with Crippen molar-refractivity contribution in [3.63, 3.8) is 0 Å². The van der Waals surface area contributed by atoms with E-state index in [1.807, 2.05) is 33.8 Å². The van der Waals surface area contributed by atoms with Gasteiger partial charge in [0.25, 0.3) is 0 Å². The Morgan fingerprint density at radius 2 is 1.90 bits per heavy atom. The summed E-state index contributed by atoms with van der Waals surface area (Å²) in [7, 11) is -2.10. The molecule has 0 radical (unpaired) electrons. The van der Waals surface area contributed by atoms with E-state index in [-0.39, 0.29) is 10.9 Å². The van der Waals surface area contributed by atoms with E-state index in [1.54, 1.807) is 12.1 Å². The van der Waals surface area contributed by atoms with Gasteiger partial charge in [-0.15, -0.1) is 0 Å². The zero-order valence-corrected chi connectivity index (χ0v) is 14.3. The van der Waals surface area contributed by atoms with Crippen LogP contribution in [0.25, 0.3) is 0 Å². The first kappa shape index (κ1) is 17.9. The standard InChI is InChI=1S/C15H26N2O3S/c1-6-12(4)17-21(18,19)15-9-13(10-16-11(2)3)7-8-14(15)20-5/h7-9,11-12,16-17H,6,10H2,1-5H3.